The number of benzene rings is 1. The first-order valence-electron chi connectivity index (χ1n) is 19.6. The second-order valence-corrected chi connectivity index (χ2v) is 17.9. The number of methoxy groups -OCH3 is 1. The number of hydrogen-bond donors (Lipinski definition) is 1. The van der Waals surface area contributed by atoms with Gasteiger partial charge >= 0.3 is 11.9 Å². The third-order valence-electron chi connectivity index (χ3n) is 13.4. The van der Waals surface area contributed by atoms with E-state index >= 15 is 4.79 Å². The normalized spacial score (nSPS) is 33.7. The van der Waals surface area contributed by atoms with E-state index in [2.05, 4.69) is 76.6 Å². The van der Waals surface area contributed by atoms with Crippen LogP contribution < -0.4 is 19.5 Å². The van der Waals surface area contributed by atoms with E-state index in [1.807, 2.05) is 6.20 Å². The van der Waals surface area contributed by atoms with Crippen molar-refractivity contribution in [3.63, 3.8) is 0 Å². The molecule has 8 atom stereocenters. The van der Waals surface area contributed by atoms with Crippen molar-refractivity contribution in [2.24, 2.45) is 17.8 Å². The predicted octanol–water partition coefficient (Wildman–Crippen LogP) is 7.71. The molecule has 8 unspecified atom stereocenters. The summed E-state index contributed by atoms with van der Waals surface area (Å²) in [4.78, 5) is 46.5. The Balaban J connectivity index is 1.34. The Kier molecular flexibility index (Phi) is 7.82. The molecule has 4 bridgehead atoms. The molecule has 1 spiro atoms. The van der Waals surface area contributed by atoms with Crippen LogP contribution in [-0.2, 0) is 30.3 Å². The maximum atomic E-state index is 15.4. The van der Waals surface area contributed by atoms with Crippen molar-refractivity contribution >= 4 is 29.2 Å². The largest absolute Gasteiger partial charge is 0.482 e. The van der Waals surface area contributed by atoms with Crippen LogP contribution in [0.4, 0.5) is 5.95 Å². The SMILES string of the molecule is COC(=O)/C(C)=C\CC12OC(C)(C)C3CC(C1=O)C1C4C(Nc5nccn51)c1c(c(CC=C(C)C)c5c6c1OC(=O)CC6=CC(C)(CCC=C(C)C)O5)OC432. The molecule has 4 fully saturated rings. The van der Waals surface area contributed by atoms with Gasteiger partial charge < -0.3 is 33.6 Å². The molecule has 6 heterocycles. The highest BCUT2D eigenvalue weighted by molar-refractivity contribution is 5.99. The molecule has 55 heavy (non-hydrogen) atoms. The number of allylic oxidation sites excluding steroid dienone is 4. The number of carbonyl (C=O) groups excluding carboxylic acids is 3. The lowest BCUT2D eigenvalue weighted by molar-refractivity contribution is -0.223. The number of carbonyl (C=O) groups is 3. The van der Waals surface area contributed by atoms with Crippen LogP contribution >= 0.6 is 0 Å². The highest BCUT2D eigenvalue weighted by Crippen LogP contribution is 2.76. The number of aromatic nitrogens is 2. The van der Waals surface area contributed by atoms with Crippen molar-refractivity contribution in [3.05, 3.63) is 70.1 Å². The van der Waals surface area contributed by atoms with Crippen molar-refractivity contribution in [1.82, 2.24) is 9.55 Å². The minimum atomic E-state index is -1.43. The Morgan fingerprint density at radius 3 is 2.53 bits per heavy atom. The van der Waals surface area contributed by atoms with Crippen molar-refractivity contribution in [2.45, 2.75) is 128 Å². The van der Waals surface area contributed by atoms with E-state index in [1.165, 1.54) is 12.7 Å². The van der Waals surface area contributed by atoms with Crippen LogP contribution in [0, 0.1) is 17.8 Å². The molecule has 1 aromatic heterocycles. The summed E-state index contributed by atoms with van der Waals surface area (Å²) in [5, 5.41) is 3.79. The number of Topliss-reactive ketones (excluding diaryl/α,β-unsaturated/α-hetero) is 1. The minimum absolute atomic E-state index is 0.0295. The van der Waals surface area contributed by atoms with Crippen molar-refractivity contribution in [1.29, 1.82) is 0 Å². The molecule has 290 valence electrons. The number of imidazole rings is 1. The number of ether oxygens (including phenoxy) is 5. The highest BCUT2D eigenvalue weighted by Gasteiger charge is 2.86. The Hall–Kier alpha value is -4.64. The molecule has 11 heteroatoms. The zero-order valence-electron chi connectivity index (χ0n) is 33.3. The monoisotopic (exact) mass is 749 g/mol. The molecule has 0 radical (unpaired) electrons. The number of hydrogen-bond acceptors (Lipinski definition) is 10. The summed E-state index contributed by atoms with van der Waals surface area (Å²) in [6, 6.07) is -0.765. The van der Waals surface area contributed by atoms with Crippen LogP contribution in [-0.4, -0.2) is 56.8 Å². The van der Waals surface area contributed by atoms with Gasteiger partial charge in [-0.2, -0.15) is 0 Å². The Bertz CT molecular complexity index is 2200. The molecule has 3 aliphatic carbocycles. The Morgan fingerprint density at radius 1 is 1.04 bits per heavy atom. The first-order valence-corrected chi connectivity index (χ1v) is 19.6. The number of ketones is 1. The lowest BCUT2D eigenvalue weighted by atomic mass is 9.44. The molecular formula is C44H51N3O8. The van der Waals surface area contributed by atoms with Crippen LogP contribution in [0.25, 0.3) is 5.57 Å². The van der Waals surface area contributed by atoms with Crippen LogP contribution in [0.5, 0.6) is 17.2 Å². The average molecular weight is 750 g/mol. The van der Waals surface area contributed by atoms with Gasteiger partial charge in [-0.05, 0) is 92.7 Å². The first kappa shape index (κ1) is 36.0. The zero-order chi connectivity index (χ0) is 39.0. The van der Waals surface area contributed by atoms with E-state index in [1.54, 1.807) is 19.2 Å². The van der Waals surface area contributed by atoms with E-state index in [0.717, 1.165) is 34.3 Å². The van der Waals surface area contributed by atoms with E-state index in [-0.39, 0.29) is 42.5 Å². The quantitative estimate of drug-likeness (QED) is 0.124. The predicted molar refractivity (Wildman–Crippen MR) is 205 cm³/mol. The topological polar surface area (TPSA) is 127 Å². The molecule has 5 aliphatic heterocycles. The standard InChI is InChI=1S/C44H51N3O8/c1-22(2)11-10-15-42(8)21-25-19-29(48)52-37-30(25)35(53-42)26(13-12-23(3)4)36-31(37)33-32-34(47-18-17-45-40(47)46-33)27-20-28-41(6,7)55-43(38(27)49,44(28,32)54-36)16-14-24(5)39(50)51-9/h11-12,14,17-18,21,27-28,32-34H,10,13,15-16,19-20H2,1-9H3,(H,45,46)/b24-14-. The zero-order valence-corrected chi connectivity index (χ0v) is 33.3. The molecule has 8 aliphatic rings. The fourth-order valence-corrected chi connectivity index (χ4v) is 11.3. The smallest absolute Gasteiger partial charge is 0.333 e. The number of esters is 2. The van der Waals surface area contributed by atoms with Gasteiger partial charge in [-0.15, -0.1) is 0 Å². The summed E-state index contributed by atoms with van der Waals surface area (Å²) in [6.07, 6.45) is 14.8. The summed E-state index contributed by atoms with van der Waals surface area (Å²) >= 11 is 0. The summed E-state index contributed by atoms with van der Waals surface area (Å²) in [7, 11) is 1.35. The van der Waals surface area contributed by atoms with Crippen LogP contribution in [0.3, 0.4) is 0 Å². The lowest BCUT2D eigenvalue weighted by Crippen LogP contribution is -2.79. The number of nitrogens with zero attached hydrogens (tertiary/aromatic N) is 2. The fraction of sp³-hybridized carbons (Fsp3) is 0.545. The molecular weight excluding hydrogens is 698 g/mol. The second kappa shape index (κ2) is 11.9. The molecule has 2 aromatic rings. The number of nitrogens with one attached hydrogen (secondary N) is 1. The van der Waals surface area contributed by atoms with E-state index in [0.29, 0.717) is 48.0 Å². The van der Waals surface area contributed by atoms with Gasteiger partial charge in [-0.1, -0.05) is 29.4 Å². The number of rotatable bonds is 8. The third kappa shape index (κ3) is 4.83. The fourth-order valence-electron chi connectivity index (χ4n) is 11.3. The summed E-state index contributed by atoms with van der Waals surface area (Å²) < 4.78 is 35.6. The summed E-state index contributed by atoms with van der Waals surface area (Å²) in [5.41, 5.74) is 1.96. The van der Waals surface area contributed by atoms with Gasteiger partial charge in [0.25, 0.3) is 0 Å². The van der Waals surface area contributed by atoms with Gasteiger partial charge in [-0.25, -0.2) is 9.78 Å². The molecule has 3 saturated carbocycles. The highest BCUT2D eigenvalue weighted by atomic mass is 16.6. The van der Waals surface area contributed by atoms with Crippen LogP contribution in [0.15, 0.2) is 53.4 Å². The minimum Gasteiger partial charge on any atom is -0.482 e. The molecule has 11 nitrogen and oxygen atoms in total. The maximum Gasteiger partial charge on any atom is 0.333 e. The van der Waals surface area contributed by atoms with Gasteiger partial charge in [0.05, 0.1) is 42.3 Å². The lowest BCUT2D eigenvalue weighted by Gasteiger charge is -2.67. The van der Waals surface area contributed by atoms with E-state index in [4.69, 9.17) is 28.7 Å². The number of anilines is 1. The van der Waals surface area contributed by atoms with Gasteiger partial charge in [0.2, 0.25) is 5.95 Å². The van der Waals surface area contributed by atoms with E-state index < -0.39 is 40.3 Å². The van der Waals surface area contributed by atoms with Gasteiger partial charge in [-0.3, -0.25) is 9.59 Å². The van der Waals surface area contributed by atoms with Crippen LogP contribution in [0.2, 0.25) is 0 Å². The molecule has 1 saturated heterocycles. The van der Waals surface area contributed by atoms with Crippen LogP contribution in [0.1, 0.15) is 116 Å². The first-order chi connectivity index (χ1) is 26.1. The summed E-state index contributed by atoms with van der Waals surface area (Å²) in [5.74, 6) is 0.525. The Labute approximate surface area is 322 Å². The van der Waals surface area contributed by atoms with Crippen molar-refractivity contribution < 1.29 is 38.1 Å². The van der Waals surface area contributed by atoms with Gasteiger partial charge in [0.1, 0.15) is 17.1 Å². The van der Waals surface area contributed by atoms with E-state index in [9.17, 15) is 9.59 Å². The maximum absolute atomic E-state index is 15.4. The van der Waals surface area contributed by atoms with Gasteiger partial charge in [0, 0.05) is 47.7 Å². The van der Waals surface area contributed by atoms with Crippen molar-refractivity contribution in [2.75, 3.05) is 12.4 Å². The second-order valence-electron chi connectivity index (χ2n) is 17.9. The molecule has 0 amide bonds. The number of fused-ring (bicyclic) bond motifs is 4. The van der Waals surface area contributed by atoms with Gasteiger partial charge in [0.15, 0.2) is 22.7 Å². The third-order valence-corrected chi connectivity index (χ3v) is 13.4. The summed E-state index contributed by atoms with van der Waals surface area (Å²) in [6.45, 7) is 16.2. The molecule has 1 N–H and O–H groups in total. The molecule has 10 rings (SSSR count). The Morgan fingerprint density at radius 2 is 1.80 bits per heavy atom. The van der Waals surface area contributed by atoms with Crippen molar-refractivity contribution in [3.8, 4) is 17.2 Å². The average Bonchev–Trinajstić information content (AvgIpc) is 3.64. The molecule has 1 aromatic carbocycles.